The summed E-state index contributed by atoms with van der Waals surface area (Å²) in [5.41, 5.74) is 0. The van der Waals surface area contributed by atoms with Crippen molar-refractivity contribution in [2.75, 3.05) is 13.6 Å². The number of rotatable bonds is 4. The summed E-state index contributed by atoms with van der Waals surface area (Å²) in [6.07, 6.45) is 5.39. The van der Waals surface area contributed by atoms with Gasteiger partial charge in [0.15, 0.2) is 0 Å². The Labute approximate surface area is 87.9 Å². The molecule has 1 atom stereocenters. The Hall–Kier alpha value is -0.550. The molecule has 0 amide bonds. The lowest BCUT2D eigenvalue weighted by atomic mass is 9.96. The molecular formula is C12H22N2. The highest BCUT2D eigenvalue weighted by molar-refractivity contribution is 4.88. The van der Waals surface area contributed by atoms with Crippen LogP contribution in [0.2, 0.25) is 0 Å². The van der Waals surface area contributed by atoms with E-state index in [2.05, 4.69) is 31.9 Å². The Morgan fingerprint density at radius 1 is 1.36 bits per heavy atom. The first kappa shape index (κ1) is 11.5. The van der Waals surface area contributed by atoms with E-state index in [0.717, 1.165) is 12.6 Å². The normalized spacial score (nSPS) is 20.3. The van der Waals surface area contributed by atoms with Crippen LogP contribution >= 0.6 is 0 Å². The molecule has 80 valence electrons. The van der Waals surface area contributed by atoms with Gasteiger partial charge in [-0.25, -0.2) is 0 Å². The Morgan fingerprint density at radius 2 is 1.93 bits per heavy atom. The maximum atomic E-state index is 9.01. The van der Waals surface area contributed by atoms with Crippen molar-refractivity contribution >= 4 is 0 Å². The molecule has 1 fully saturated rings. The molecule has 1 unspecified atom stereocenters. The van der Waals surface area contributed by atoms with Crippen LogP contribution in [0, 0.1) is 23.2 Å². The summed E-state index contributed by atoms with van der Waals surface area (Å²) in [5.74, 6) is 0.671. The molecule has 0 aromatic carbocycles. The fourth-order valence-electron chi connectivity index (χ4n) is 2.21. The molecule has 0 aromatic heterocycles. The predicted molar refractivity (Wildman–Crippen MR) is 58.8 cm³/mol. The van der Waals surface area contributed by atoms with Crippen molar-refractivity contribution in [3.05, 3.63) is 0 Å². The monoisotopic (exact) mass is 194 g/mol. The number of nitriles is 1. The van der Waals surface area contributed by atoms with E-state index in [9.17, 15) is 0 Å². The first-order valence-electron chi connectivity index (χ1n) is 5.75. The molecule has 2 nitrogen and oxygen atoms in total. The highest BCUT2D eigenvalue weighted by atomic mass is 15.1. The van der Waals surface area contributed by atoms with Crippen molar-refractivity contribution in [2.24, 2.45) is 11.8 Å². The van der Waals surface area contributed by atoms with Gasteiger partial charge in [-0.1, -0.05) is 26.7 Å². The van der Waals surface area contributed by atoms with Crippen molar-refractivity contribution in [3.63, 3.8) is 0 Å². The zero-order chi connectivity index (χ0) is 10.6. The number of hydrogen-bond donors (Lipinski definition) is 0. The summed E-state index contributed by atoms with van der Waals surface area (Å²) in [6.45, 7) is 5.21. The summed E-state index contributed by atoms with van der Waals surface area (Å²) in [4.78, 5) is 2.39. The van der Waals surface area contributed by atoms with Crippen LogP contribution in [-0.2, 0) is 0 Å². The topological polar surface area (TPSA) is 27.0 Å². The molecule has 0 aliphatic heterocycles. The third-order valence-electron chi connectivity index (χ3n) is 3.40. The lowest BCUT2D eigenvalue weighted by Crippen LogP contribution is -2.34. The van der Waals surface area contributed by atoms with E-state index < -0.39 is 0 Å². The van der Waals surface area contributed by atoms with Crippen molar-refractivity contribution in [2.45, 2.75) is 45.6 Å². The molecule has 0 saturated heterocycles. The van der Waals surface area contributed by atoms with E-state index in [1.54, 1.807) is 0 Å². The minimum absolute atomic E-state index is 0.195. The van der Waals surface area contributed by atoms with Crippen LogP contribution in [0.5, 0.6) is 0 Å². The largest absolute Gasteiger partial charge is 0.302 e. The molecule has 0 radical (unpaired) electrons. The lowest BCUT2D eigenvalue weighted by Gasteiger charge is -2.27. The maximum absolute atomic E-state index is 9.01. The first-order chi connectivity index (χ1) is 6.65. The molecule has 0 spiro atoms. The van der Waals surface area contributed by atoms with Crippen LogP contribution in [-0.4, -0.2) is 24.5 Å². The Bertz CT molecular complexity index is 199. The maximum Gasteiger partial charge on any atom is 0.0672 e. The molecule has 2 heteroatoms. The molecule has 1 saturated carbocycles. The fourth-order valence-corrected chi connectivity index (χ4v) is 2.21. The highest BCUT2D eigenvalue weighted by Crippen LogP contribution is 2.23. The van der Waals surface area contributed by atoms with Crippen molar-refractivity contribution in [1.82, 2.24) is 4.90 Å². The first-order valence-corrected chi connectivity index (χ1v) is 5.75. The number of hydrogen-bond acceptors (Lipinski definition) is 2. The molecule has 0 heterocycles. The second kappa shape index (κ2) is 5.36. The molecule has 0 bridgehead atoms. The minimum atomic E-state index is 0.195. The van der Waals surface area contributed by atoms with Gasteiger partial charge in [-0.3, -0.25) is 0 Å². The molecule has 1 aliphatic rings. The van der Waals surface area contributed by atoms with E-state index in [4.69, 9.17) is 5.26 Å². The van der Waals surface area contributed by atoms with Crippen molar-refractivity contribution in [1.29, 1.82) is 5.26 Å². The van der Waals surface area contributed by atoms with E-state index in [1.165, 1.54) is 25.7 Å². The minimum Gasteiger partial charge on any atom is -0.302 e. The van der Waals surface area contributed by atoms with E-state index in [0.29, 0.717) is 5.92 Å². The summed E-state index contributed by atoms with van der Waals surface area (Å²) in [5, 5.41) is 9.01. The predicted octanol–water partition coefficient (Wildman–Crippen LogP) is 2.66. The van der Waals surface area contributed by atoms with Crippen LogP contribution in [0.1, 0.15) is 39.5 Å². The van der Waals surface area contributed by atoms with Crippen LogP contribution in [0.15, 0.2) is 0 Å². The second-order valence-electron chi connectivity index (χ2n) is 4.86. The van der Waals surface area contributed by atoms with Crippen LogP contribution in [0.25, 0.3) is 0 Å². The van der Waals surface area contributed by atoms with Gasteiger partial charge < -0.3 is 4.90 Å². The number of nitrogens with zero attached hydrogens (tertiary/aromatic N) is 2. The molecule has 0 N–H and O–H groups in total. The molecule has 1 aliphatic carbocycles. The van der Waals surface area contributed by atoms with Crippen LogP contribution < -0.4 is 0 Å². The summed E-state index contributed by atoms with van der Waals surface area (Å²) in [7, 11) is 2.17. The second-order valence-corrected chi connectivity index (χ2v) is 4.86. The average molecular weight is 194 g/mol. The van der Waals surface area contributed by atoms with Gasteiger partial charge in [-0.05, 0) is 25.8 Å². The Morgan fingerprint density at radius 3 is 2.36 bits per heavy atom. The van der Waals surface area contributed by atoms with E-state index in [-0.39, 0.29) is 5.92 Å². The van der Waals surface area contributed by atoms with Gasteiger partial charge in [0.2, 0.25) is 0 Å². The van der Waals surface area contributed by atoms with Gasteiger partial charge in [-0.15, -0.1) is 0 Å². The summed E-state index contributed by atoms with van der Waals surface area (Å²) >= 11 is 0. The lowest BCUT2D eigenvalue weighted by molar-refractivity contribution is 0.207. The van der Waals surface area contributed by atoms with Crippen molar-refractivity contribution in [3.8, 4) is 6.07 Å². The van der Waals surface area contributed by atoms with Gasteiger partial charge in [0, 0.05) is 12.6 Å². The van der Waals surface area contributed by atoms with Gasteiger partial charge in [0.25, 0.3) is 0 Å². The molecule has 0 aromatic rings. The summed E-state index contributed by atoms with van der Waals surface area (Å²) in [6, 6.07) is 3.15. The van der Waals surface area contributed by atoms with E-state index in [1.807, 2.05) is 0 Å². The van der Waals surface area contributed by atoms with Gasteiger partial charge in [0.1, 0.15) is 0 Å². The third kappa shape index (κ3) is 2.99. The zero-order valence-electron chi connectivity index (χ0n) is 9.66. The van der Waals surface area contributed by atoms with Gasteiger partial charge >= 0.3 is 0 Å². The standard InChI is InChI=1S/C12H22N2/c1-10(2)11(8-13)9-14(3)12-6-4-5-7-12/h10-12H,4-7,9H2,1-3H3. The molecule has 1 rings (SSSR count). The average Bonchev–Trinajstić information content (AvgIpc) is 2.65. The van der Waals surface area contributed by atoms with Crippen molar-refractivity contribution < 1.29 is 0 Å². The molecule has 14 heavy (non-hydrogen) atoms. The van der Waals surface area contributed by atoms with Crippen LogP contribution in [0.3, 0.4) is 0 Å². The SMILES string of the molecule is CC(C)C(C#N)CN(C)C1CCCC1. The smallest absolute Gasteiger partial charge is 0.0672 e. The fraction of sp³-hybridized carbons (Fsp3) is 0.917. The van der Waals surface area contributed by atoms with Gasteiger partial charge in [-0.2, -0.15) is 5.26 Å². The Balaban J connectivity index is 2.38. The van der Waals surface area contributed by atoms with Gasteiger partial charge in [0.05, 0.1) is 12.0 Å². The van der Waals surface area contributed by atoms with E-state index >= 15 is 0 Å². The summed E-state index contributed by atoms with van der Waals surface area (Å²) < 4.78 is 0. The highest BCUT2D eigenvalue weighted by Gasteiger charge is 2.23. The quantitative estimate of drug-likeness (QED) is 0.688. The molecular weight excluding hydrogens is 172 g/mol. The zero-order valence-corrected chi connectivity index (χ0v) is 9.66. The van der Waals surface area contributed by atoms with Crippen LogP contribution in [0.4, 0.5) is 0 Å². The Kier molecular flexibility index (Phi) is 4.41. The third-order valence-corrected chi connectivity index (χ3v) is 3.40.